The van der Waals surface area contributed by atoms with Gasteiger partial charge in [-0.3, -0.25) is 14.3 Å². The molecular formula is C24H26ClN5O2. The number of benzene rings is 2. The van der Waals surface area contributed by atoms with Gasteiger partial charge < -0.3 is 11.1 Å². The van der Waals surface area contributed by atoms with Crippen molar-refractivity contribution in [2.45, 2.75) is 19.4 Å². The molecular weight excluding hydrogens is 426 g/mol. The molecule has 0 saturated heterocycles. The quantitative estimate of drug-likeness (QED) is 0.375. The zero-order valence-corrected chi connectivity index (χ0v) is 18.6. The van der Waals surface area contributed by atoms with E-state index >= 15 is 0 Å². The first kappa shape index (κ1) is 23.2. The molecule has 2 aromatic heterocycles. The van der Waals surface area contributed by atoms with Crippen LogP contribution in [0.25, 0.3) is 22.3 Å². The van der Waals surface area contributed by atoms with Gasteiger partial charge >= 0.3 is 5.69 Å². The van der Waals surface area contributed by atoms with Crippen molar-refractivity contribution in [1.82, 2.24) is 19.9 Å². The third-order valence-electron chi connectivity index (χ3n) is 5.40. The minimum absolute atomic E-state index is 0. The van der Waals surface area contributed by atoms with E-state index in [1.807, 2.05) is 36.4 Å². The molecule has 0 unspecified atom stereocenters. The Labute approximate surface area is 192 Å². The van der Waals surface area contributed by atoms with E-state index in [9.17, 15) is 9.59 Å². The van der Waals surface area contributed by atoms with Gasteiger partial charge in [0.05, 0.1) is 5.52 Å². The van der Waals surface area contributed by atoms with Gasteiger partial charge in [-0.2, -0.15) is 0 Å². The van der Waals surface area contributed by atoms with Crippen LogP contribution in [0.5, 0.6) is 0 Å². The monoisotopic (exact) mass is 451 g/mol. The van der Waals surface area contributed by atoms with Crippen molar-refractivity contribution in [2.75, 3.05) is 6.54 Å². The summed E-state index contributed by atoms with van der Waals surface area (Å²) in [5.74, 6) is -0.108. The van der Waals surface area contributed by atoms with Crippen LogP contribution in [0.3, 0.4) is 0 Å². The number of carbonyl (C=O) groups is 1. The van der Waals surface area contributed by atoms with Crippen molar-refractivity contribution in [3.63, 3.8) is 0 Å². The lowest BCUT2D eigenvalue weighted by Gasteiger charge is -2.08. The van der Waals surface area contributed by atoms with E-state index in [-0.39, 0.29) is 24.0 Å². The number of carbonyl (C=O) groups excluding carboxylic acids is 1. The lowest BCUT2D eigenvalue weighted by atomic mass is 10.0. The van der Waals surface area contributed by atoms with E-state index in [0.29, 0.717) is 24.3 Å². The van der Waals surface area contributed by atoms with Crippen molar-refractivity contribution in [3.05, 3.63) is 88.0 Å². The Morgan fingerprint density at radius 1 is 1.09 bits per heavy atom. The number of nitrogens with two attached hydrogens (primary N) is 1. The summed E-state index contributed by atoms with van der Waals surface area (Å²) in [5.41, 5.74) is 11.3. The fourth-order valence-corrected chi connectivity index (χ4v) is 3.54. The van der Waals surface area contributed by atoms with Crippen molar-refractivity contribution in [2.24, 2.45) is 12.8 Å². The third-order valence-corrected chi connectivity index (χ3v) is 5.40. The fraction of sp³-hybridized carbons (Fsp3) is 0.208. The highest BCUT2D eigenvalue weighted by molar-refractivity contribution is 5.95. The molecule has 7 nitrogen and oxygen atoms in total. The minimum atomic E-state index is -0.205. The van der Waals surface area contributed by atoms with Crippen LogP contribution < -0.4 is 16.7 Å². The van der Waals surface area contributed by atoms with E-state index in [1.54, 1.807) is 19.3 Å². The smallest absolute Gasteiger partial charge is 0.327 e. The molecule has 0 spiro atoms. The number of amides is 1. The number of nitrogens with zero attached hydrogens (tertiary/aromatic N) is 2. The average molecular weight is 452 g/mol. The summed E-state index contributed by atoms with van der Waals surface area (Å²) in [6.45, 7) is 1.14. The zero-order valence-electron chi connectivity index (χ0n) is 17.8. The predicted molar refractivity (Wildman–Crippen MR) is 129 cm³/mol. The van der Waals surface area contributed by atoms with Gasteiger partial charge in [-0.15, -0.1) is 12.4 Å². The second-order valence-electron chi connectivity index (χ2n) is 7.54. The Morgan fingerprint density at radius 3 is 2.59 bits per heavy atom. The van der Waals surface area contributed by atoms with E-state index in [4.69, 9.17) is 5.73 Å². The standard InChI is InChI=1S/C24H25N5O2.ClH/c1-29-21-13-20(15-27-22(21)28-24(29)31)18-5-2-6-19(12-18)23(30)26-11-3-4-16-7-9-17(14-25)10-8-16;/h2,5-10,12-13,15H,3-4,11,14,25H2,1H3,(H,26,30)(H,27,28,31);1H. The number of aromatic nitrogens is 3. The van der Waals surface area contributed by atoms with Crippen molar-refractivity contribution in [3.8, 4) is 11.1 Å². The largest absolute Gasteiger partial charge is 0.352 e. The number of nitrogens with one attached hydrogen (secondary N) is 2. The van der Waals surface area contributed by atoms with Crippen LogP contribution in [0.2, 0.25) is 0 Å². The van der Waals surface area contributed by atoms with Gasteiger partial charge in [-0.25, -0.2) is 9.78 Å². The number of fused-ring (bicyclic) bond motifs is 1. The van der Waals surface area contributed by atoms with Crippen LogP contribution in [0.4, 0.5) is 0 Å². The van der Waals surface area contributed by atoms with E-state index in [1.165, 1.54) is 10.1 Å². The van der Waals surface area contributed by atoms with Crippen molar-refractivity contribution >= 4 is 29.5 Å². The molecule has 0 radical (unpaired) electrons. The van der Waals surface area contributed by atoms with Crippen LogP contribution in [-0.2, 0) is 20.0 Å². The molecule has 2 heterocycles. The molecule has 1 amide bonds. The molecule has 32 heavy (non-hydrogen) atoms. The van der Waals surface area contributed by atoms with Crippen molar-refractivity contribution in [1.29, 1.82) is 0 Å². The second-order valence-corrected chi connectivity index (χ2v) is 7.54. The Hall–Kier alpha value is -3.42. The number of hydrogen-bond donors (Lipinski definition) is 3. The lowest BCUT2D eigenvalue weighted by Crippen LogP contribution is -2.24. The van der Waals surface area contributed by atoms with Gasteiger partial charge in [0.2, 0.25) is 0 Å². The van der Waals surface area contributed by atoms with Crippen molar-refractivity contribution < 1.29 is 4.79 Å². The summed E-state index contributed by atoms with van der Waals surface area (Å²) < 4.78 is 1.52. The maximum atomic E-state index is 12.6. The van der Waals surface area contributed by atoms with Gasteiger partial charge in [0.25, 0.3) is 5.91 Å². The molecule has 0 bridgehead atoms. The van der Waals surface area contributed by atoms with E-state index < -0.39 is 0 Å². The number of hydrogen-bond acceptors (Lipinski definition) is 4. The number of pyridine rings is 1. The number of aromatic amines is 1. The van der Waals surface area contributed by atoms with Crippen LogP contribution in [0, 0.1) is 0 Å². The van der Waals surface area contributed by atoms with E-state index in [2.05, 4.69) is 27.4 Å². The third kappa shape index (κ3) is 5.07. The first-order valence-corrected chi connectivity index (χ1v) is 10.3. The first-order chi connectivity index (χ1) is 15.0. The van der Waals surface area contributed by atoms with Crippen LogP contribution in [-0.4, -0.2) is 27.0 Å². The van der Waals surface area contributed by atoms with Crippen LogP contribution >= 0.6 is 12.4 Å². The summed E-state index contributed by atoms with van der Waals surface area (Å²) >= 11 is 0. The second kappa shape index (κ2) is 10.3. The summed E-state index contributed by atoms with van der Waals surface area (Å²) in [6, 6.07) is 17.5. The van der Waals surface area contributed by atoms with Crippen LogP contribution in [0.1, 0.15) is 27.9 Å². The topological polar surface area (TPSA) is 106 Å². The highest BCUT2D eigenvalue weighted by atomic mass is 35.5. The van der Waals surface area contributed by atoms with Gasteiger partial charge in [0.1, 0.15) is 0 Å². The molecule has 8 heteroatoms. The Kier molecular flexibility index (Phi) is 7.45. The maximum absolute atomic E-state index is 12.6. The molecule has 2 aromatic carbocycles. The zero-order chi connectivity index (χ0) is 21.8. The Morgan fingerprint density at radius 2 is 1.84 bits per heavy atom. The summed E-state index contributed by atoms with van der Waals surface area (Å²) in [6.07, 6.45) is 3.45. The highest BCUT2D eigenvalue weighted by Crippen LogP contribution is 2.22. The number of aryl methyl sites for hydroxylation is 2. The summed E-state index contributed by atoms with van der Waals surface area (Å²) in [5, 5.41) is 2.99. The molecule has 0 aliphatic heterocycles. The number of halogens is 1. The molecule has 4 aromatic rings. The molecule has 166 valence electrons. The lowest BCUT2D eigenvalue weighted by molar-refractivity contribution is 0.0953. The predicted octanol–water partition coefficient (Wildman–Crippen LogP) is 3.17. The van der Waals surface area contributed by atoms with Gasteiger partial charge in [0, 0.05) is 37.5 Å². The molecule has 4 rings (SSSR count). The summed E-state index contributed by atoms with van der Waals surface area (Å²) in [4.78, 5) is 31.4. The maximum Gasteiger partial charge on any atom is 0.327 e. The van der Waals surface area contributed by atoms with Gasteiger partial charge in [-0.1, -0.05) is 36.4 Å². The average Bonchev–Trinajstić information content (AvgIpc) is 3.10. The SMILES string of the molecule is Cl.Cn1c(=O)[nH]c2ncc(-c3cccc(C(=O)NCCCc4ccc(CN)cc4)c3)cc21. The molecule has 0 saturated carbocycles. The van der Waals surface area contributed by atoms with Gasteiger partial charge in [0.15, 0.2) is 5.65 Å². The minimum Gasteiger partial charge on any atom is -0.352 e. The number of H-pyrrole nitrogens is 1. The van der Waals surface area contributed by atoms with Gasteiger partial charge in [-0.05, 0) is 47.7 Å². The normalized spacial score (nSPS) is 10.7. The molecule has 0 fully saturated rings. The molecule has 4 N–H and O–H groups in total. The Bertz CT molecular complexity index is 1280. The fourth-order valence-electron chi connectivity index (χ4n) is 3.54. The molecule has 0 aliphatic rings. The molecule has 0 aliphatic carbocycles. The highest BCUT2D eigenvalue weighted by Gasteiger charge is 2.10. The first-order valence-electron chi connectivity index (χ1n) is 10.3. The number of rotatable bonds is 7. The van der Waals surface area contributed by atoms with Crippen LogP contribution in [0.15, 0.2) is 65.6 Å². The Balaban J connectivity index is 0.00000289. The molecule has 0 atom stereocenters. The number of imidazole rings is 1. The van der Waals surface area contributed by atoms with E-state index in [0.717, 1.165) is 35.0 Å². The summed E-state index contributed by atoms with van der Waals surface area (Å²) in [7, 11) is 1.70.